The number of hydrogen-bond donors (Lipinski definition) is 3. The molecule has 0 aromatic carbocycles. The summed E-state index contributed by atoms with van der Waals surface area (Å²) < 4.78 is 31.1. The van der Waals surface area contributed by atoms with E-state index >= 15 is 0 Å². The summed E-state index contributed by atoms with van der Waals surface area (Å²) in [6.07, 6.45) is 2.44. The van der Waals surface area contributed by atoms with Gasteiger partial charge in [0.1, 0.15) is 0 Å². The van der Waals surface area contributed by atoms with Crippen LogP contribution in [0, 0.1) is 11.3 Å². The van der Waals surface area contributed by atoms with Gasteiger partial charge >= 0.3 is 0 Å². The van der Waals surface area contributed by atoms with Gasteiger partial charge in [0, 0.05) is 18.6 Å². The minimum Gasteiger partial charge on any atom is -0.387 e. The summed E-state index contributed by atoms with van der Waals surface area (Å²) >= 11 is 0. The van der Waals surface area contributed by atoms with Gasteiger partial charge in [0.05, 0.1) is 18.2 Å². The highest BCUT2D eigenvalue weighted by Crippen LogP contribution is 2.25. The largest absolute Gasteiger partial charge is 0.387 e. The number of nitrogens with one attached hydrogen (secondary N) is 2. The summed E-state index contributed by atoms with van der Waals surface area (Å²) in [6, 6.07) is -0.223. The molecule has 0 aromatic rings. The Morgan fingerprint density at radius 2 is 2.24 bits per heavy atom. The highest BCUT2D eigenvalue weighted by atomic mass is 32.2. The van der Waals surface area contributed by atoms with Gasteiger partial charge < -0.3 is 10.5 Å². The first kappa shape index (κ1) is 14.4. The van der Waals surface area contributed by atoms with E-state index in [4.69, 9.17) is 15.9 Å². The Morgan fingerprint density at radius 3 is 2.82 bits per heavy atom. The number of rotatable bonds is 7. The Balaban J connectivity index is 2.49. The van der Waals surface area contributed by atoms with E-state index in [-0.39, 0.29) is 30.2 Å². The second kappa shape index (κ2) is 6.32. The lowest BCUT2D eigenvalue weighted by Gasteiger charge is -2.19. The van der Waals surface area contributed by atoms with Crippen LogP contribution in [0.15, 0.2) is 0 Å². The summed E-state index contributed by atoms with van der Waals surface area (Å²) in [5.74, 6) is -0.126. The Bertz CT molecular complexity index is 356. The van der Waals surface area contributed by atoms with Crippen molar-refractivity contribution in [2.45, 2.75) is 32.2 Å². The molecule has 0 radical (unpaired) electrons. The standard InChI is InChI=1S/C10H21N3O3S/c1-2-16-6-7-17(14,15)13-9-5-3-4-8(9)10(11)12/h8-9,13H,2-7H2,1H3,(H3,11,12). The highest BCUT2D eigenvalue weighted by molar-refractivity contribution is 7.89. The third-order valence-corrected chi connectivity index (χ3v) is 4.31. The van der Waals surface area contributed by atoms with E-state index in [0.29, 0.717) is 6.61 Å². The molecule has 2 atom stereocenters. The fourth-order valence-electron chi connectivity index (χ4n) is 2.08. The smallest absolute Gasteiger partial charge is 0.214 e. The molecule has 1 aliphatic carbocycles. The average Bonchev–Trinajstić information content (AvgIpc) is 2.65. The molecule has 0 aromatic heterocycles. The second-order valence-corrected chi connectivity index (χ2v) is 6.11. The minimum atomic E-state index is -3.33. The van der Waals surface area contributed by atoms with Gasteiger partial charge in [-0.2, -0.15) is 0 Å². The minimum absolute atomic E-state index is 0.0397. The number of ether oxygens (including phenoxy) is 1. The molecule has 1 aliphatic rings. The summed E-state index contributed by atoms with van der Waals surface area (Å²) in [4.78, 5) is 0. The van der Waals surface area contributed by atoms with Crippen molar-refractivity contribution >= 4 is 15.9 Å². The van der Waals surface area contributed by atoms with Crippen LogP contribution in [0.4, 0.5) is 0 Å². The lowest BCUT2D eigenvalue weighted by molar-refractivity contribution is 0.163. The zero-order chi connectivity index (χ0) is 12.9. The fourth-order valence-corrected chi connectivity index (χ4v) is 3.27. The summed E-state index contributed by atoms with van der Waals surface area (Å²) in [7, 11) is -3.33. The van der Waals surface area contributed by atoms with Crippen molar-refractivity contribution < 1.29 is 13.2 Å². The Kier molecular flexibility index (Phi) is 5.35. The normalized spacial score (nSPS) is 25.0. The maximum atomic E-state index is 11.7. The number of nitrogens with two attached hydrogens (primary N) is 1. The van der Waals surface area contributed by atoms with E-state index in [2.05, 4.69) is 4.72 Å². The molecule has 0 heterocycles. The molecule has 0 spiro atoms. The van der Waals surface area contributed by atoms with Gasteiger partial charge in [0.25, 0.3) is 0 Å². The Hall–Kier alpha value is -0.660. The first-order valence-corrected chi connectivity index (χ1v) is 7.53. The van der Waals surface area contributed by atoms with E-state index in [0.717, 1.165) is 19.3 Å². The van der Waals surface area contributed by atoms with Crippen LogP contribution in [0.2, 0.25) is 0 Å². The van der Waals surface area contributed by atoms with Gasteiger partial charge in [0.15, 0.2) is 0 Å². The van der Waals surface area contributed by atoms with Crippen molar-refractivity contribution in [2.24, 2.45) is 11.7 Å². The van der Waals surface area contributed by atoms with Gasteiger partial charge in [-0.3, -0.25) is 5.41 Å². The van der Waals surface area contributed by atoms with Crippen LogP contribution >= 0.6 is 0 Å². The van der Waals surface area contributed by atoms with Crippen molar-refractivity contribution in [3.8, 4) is 0 Å². The molecular formula is C10H21N3O3S. The van der Waals surface area contributed by atoms with Gasteiger partial charge in [0.2, 0.25) is 10.0 Å². The Labute approximate surface area is 102 Å². The monoisotopic (exact) mass is 263 g/mol. The fraction of sp³-hybridized carbons (Fsp3) is 0.900. The third kappa shape index (κ3) is 4.61. The van der Waals surface area contributed by atoms with E-state index in [1.165, 1.54) is 0 Å². The molecule has 1 saturated carbocycles. The molecule has 4 N–H and O–H groups in total. The predicted octanol–water partition coefficient (Wildman–Crippen LogP) is 0.0470. The van der Waals surface area contributed by atoms with Gasteiger partial charge in [-0.05, 0) is 19.8 Å². The van der Waals surface area contributed by atoms with Gasteiger partial charge in [-0.1, -0.05) is 6.42 Å². The maximum Gasteiger partial charge on any atom is 0.214 e. The van der Waals surface area contributed by atoms with E-state index in [9.17, 15) is 8.42 Å². The van der Waals surface area contributed by atoms with Crippen molar-refractivity contribution in [3.05, 3.63) is 0 Å². The van der Waals surface area contributed by atoms with E-state index in [1.54, 1.807) is 0 Å². The molecule has 6 nitrogen and oxygen atoms in total. The quantitative estimate of drug-likeness (QED) is 0.343. The Morgan fingerprint density at radius 1 is 1.53 bits per heavy atom. The van der Waals surface area contributed by atoms with Crippen LogP contribution in [0.1, 0.15) is 26.2 Å². The van der Waals surface area contributed by atoms with E-state index in [1.807, 2.05) is 6.92 Å². The van der Waals surface area contributed by atoms with Crippen LogP contribution in [-0.2, 0) is 14.8 Å². The number of sulfonamides is 1. The lowest BCUT2D eigenvalue weighted by Crippen LogP contribution is -2.43. The number of hydrogen-bond acceptors (Lipinski definition) is 4. The zero-order valence-corrected chi connectivity index (χ0v) is 10.9. The van der Waals surface area contributed by atoms with Crippen molar-refractivity contribution in [1.82, 2.24) is 4.72 Å². The molecule has 0 bridgehead atoms. The molecule has 2 unspecified atom stereocenters. The average molecular weight is 263 g/mol. The van der Waals surface area contributed by atoms with Gasteiger partial charge in [-0.25, -0.2) is 13.1 Å². The van der Waals surface area contributed by atoms with E-state index < -0.39 is 10.0 Å². The molecule has 100 valence electrons. The maximum absolute atomic E-state index is 11.7. The molecule has 17 heavy (non-hydrogen) atoms. The van der Waals surface area contributed by atoms with Crippen LogP contribution in [0.3, 0.4) is 0 Å². The summed E-state index contributed by atoms with van der Waals surface area (Å²) in [6.45, 7) is 2.53. The van der Waals surface area contributed by atoms with Gasteiger partial charge in [-0.15, -0.1) is 0 Å². The molecule has 0 aliphatic heterocycles. The SMILES string of the molecule is CCOCCS(=O)(=O)NC1CCCC1C(=N)N. The molecule has 0 saturated heterocycles. The van der Waals surface area contributed by atoms with Crippen LogP contribution in [0.5, 0.6) is 0 Å². The van der Waals surface area contributed by atoms with Crippen LogP contribution in [0.25, 0.3) is 0 Å². The lowest BCUT2D eigenvalue weighted by atomic mass is 10.0. The predicted molar refractivity (Wildman–Crippen MR) is 66.5 cm³/mol. The summed E-state index contributed by atoms with van der Waals surface area (Å²) in [5.41, 5.74) is 5.45. The topological polar surface area (TPSA) is 105 Å². The van der Waals surface area contributed by atoms with Crippen molar-refractivity contribution in [2.75, 3.05) is 19.0 Å². The first-order chi connectivity index (χ1) is 7.96. The molecule has 1 rings (SSSR count). The van der Waals surface area contributed by atoms with Crippen LogP contribution < -0.4 is 10.5 Å². The van der Waals surface area contributed by atoms with Crippen molar-refractivity contribution in [1.29, 1.82) is 5.41 Å². The number of amidine groups is 1. The first-order valence-electron chi connectivity index (χ1n) is 5.88. The molecule has 7 heteroatoms. The molecule has 0 amide bonds. The van der Waals surface area contributed by atoms with Crippen LogP contribution in [-0.4, -0.2) is 39.3 Å². The highest BCUT2D eigenvalue weighted by Gasteiger charge is 2.32. The summed E-state index contributed by atoms with van der Waals surface area (Å²) in [5, 5.41) is 7.42. The zero-order valence-electron chi connectivity index (χ0n) is 10.1. The molecular weight excluding hydrogens is 242 g/mol. The molecule has 1 fully saturated rings. The van der Waals surface area contributed by atoms with Crippen molar-refractivity contribution in [3.63, 3.8) is 0 Å². The second-order valence-electron chi connectivity index (χ2n) is 4.23. The third-order valence-electron chi connectivity index (χ3n) is 2.95.